The molecule has 3 rings (SSSR count). The first kappa shape index (κ1) is 21.6. The number of hydrogen-bond acceptors (Lipinski definition) is 6. The SMILES string of the molecule is COc1cc(/C=C/C(=O)[O-])cc(S(=O)(=O)N2CC=C(c3ccccc3)CC2)c1OC. The number of carboxylic acid groups (broad SMARTS) is 1. The van der Waals surface area contributed by atoms with E-state index in [2.05, 4.69) is 0 Å². The van der Waals surface area contributed by atoms with Gasteiger partial charge in [-0.05, 0) is 41.3 Å². The number of sulfonamides is 1. The molecule has 0 atom stereocenters. The van der Waals surface area contributed by atoms with Gasteiger partial charge < -0.3 is 19.4 Å². The third kappa shape index (κ3) is 4.55. The van der Waals surface area contributed by atoms with Crippen LogP contribution in [0, 0.1) is 0 Å². The predicted octanol–water partition coefficient (Wildman–Crippen LogP) is 1.94. The largest absolute Gasteiger partial charge is 0.545 e. The van der Waals surface area contributed by atoms with Crippen LogP contribution >= 0.6 is 0 Å². The van der Waals surface area contributed by atoms with Crippen molar-refractivity contribution in [3.05, 3.63) is 65.7 Å². The van der Waals surface area contributed by atoms with Crippen molar-refractivity contribution in [2.45, 2.75) is 11.3 Å². The lowest BCUT2D eigenvalue weighted by molar-refractivity contribution is -0.297. The van der Waals surface area contributed by atoms with Crippen LogP contribution in [0.15, 0.2) is 59.5 Å². The van der Waals surface area contributed by atoms with E-state index in [0.29, 0.717) is 18.5 Å². The summed E-state index contributed by atoms with van der Waals surface area (Å²) in [6.07, 6.45) is 4.56. The molecular formula is C22H22NO6S-. The maximum Gasteiger partial charge on any atom is 0.247 e. The molecule has 1 aliphatic heterocycles. The van der Waals surface area contributed by atoms with Crippen molar-refractivity contribution in [3.63, 3.8) is 0 Å². The Bertz CT molecular complexity index is 1090. The number of carbonyl (C=O) groups is 1. The molecule has 30 heavy (non-hydrogen) atoms. The minimum atomic E-state index is -3.92. The molecule has 0 fully saturated rings. The van der Waals surface area contributed by atoms with Crippen LogP contribution in [0.25, 0.3) is 11.6 Å². The molecule has 0 saturated heterocycles. The number of hydrogen-bond donors (Lipinski definition) is 0. The first-order valence-electron chi connectivity index (χ1n) is 9.26. The van der Waals surface area contributed by atoms with Crippen molar-refractivity contribution in [1.82, 2.24) is 4.31 Å². The fourth-order valence-electron chi connectivity index (χ4n) is 3.32. The number of methoxy groups -OCH3 is 2. The molecule has 2 aromatic rings. The quantitative estimate of drug-likeness (QED) is 0.626. The minimum Gasteiger partial charge on any atom is -0.545 e. The lowest BCUT2D eigenvalue weighted by atomic mass is 10.0. The summed E-state index contributed by atoms with van der Waals surface area (Å²) >= 11 is 0. The Hall–Kier alpha value is -3.10. The van der Waals surface area contributed by atoms with Gasteiger partial charge in [0.25, 0.3) is 0 Å². The Kier molecular flexibility index (Phi) is 6.59. The van der Waals surface area contributed by atoms with Crippen LogP contribution in [0.5, 0.6) is 11.5 Å². The van der Waals surface area contributed by atoms with Crippen LogP contribution in [0.4, 0.5) is 0 Å². The van der Waals surface area contributed by atoms with Crippen molar-refractivity contribution in [2.24, 2.45) is 0 Å². The van der Waals surface area contributed by atoms with Crippen LogP contribution in [0.1, 0.15) is 17.5 Å². The number of benzene rings is 2. The monoisotopic (exact) mass is 428 g/mol. The van der Waals surface area contributed by atoms with E-state index in [1.807, 2.05) is 36.4 Å². The molecule has 0 bridgehead atoms. The Morgan fingerprint density at radius 1 is 1.13 bits per heavy atom. The van der Waals surface area contributed by atoms with Crippen LogP contribution in [0.2, 0.25) is 0 Å². The van der Waals surface area contributed by atoms with Gasteiger partial charge in [-0.2, -0.15) is 4.31 Å². The van der Waals surface area contributed by atoms with E-state index in [-0.39, 0.29) is 22.9 Å². The third-order valence-corrected chi connectivity index (χ3v) is 6.68. The van der Waals surface area contributed by atoms with Crippen molar-refractivity contribution in [3.8, 4) is 11.5 Å². The number of ether oxygens (including phenoxy) is 2. The van der Waals surface area contributed by atoms with E-state index in [1.165, 1.54) is 36.7 Å². The van der Waals surface area contributed by atoms with E-state index in [1.54, 1.807) is 0 Å². The Labute approximate surface area is 175 Å². The highest BCUT2D eigenvalue weighted by molar-refractivity contribution is 7.89. The lowest BCUT2D eigenvalue weighted by Gasteiger charge is -2.27. The molecule has 0 amide bonds. The third-order valence-electron chi connectivity index (χ3n) is 4.81. The molecule has 8 heteroatoms. The van der Waals surface area contributed by atoms with Gasteiger partial charge in [0.15, 0.2) is 11.5 Å². The van der Waals surface area contributed by atoms with Crippen LogP contribution in [-0.4, -0.2) is 46.0 Å². The molecule has 0 aromatic heterocycles. The van der Waals surface area contributed by atoms with Gasteiger partial charge in [0.2, 0.25) is 10.0 Å². The summed E-state index contributed by atoms with van der Waals surface area (Å²) in [5, 5.41) is 10.7. The highest BCUT2D eigenvalue weighted by Crippen LogP contribution is 2.38. The average Bonchev–Trinajstić information content (AvgIpc) is 2.77. The minimum absolute atomic E-state index is 0.0703. The molecule has 1 aliphatic rings. The molecule has 0 unspecified atom stereocenters. The molecule has 0 spiro atoms. The fourth-order valence-corrected chi connectivity index (χ4v) is 4.91. The van der Waals surface area contributed by atoms with Crippen LogP contribution in [-0.2, 0) is 14.8 Å². The lowest BCUT2D eigenvalue weighted by Crippen LogP contribution is -2.35. The number of nitrogens with zero attached hydrogens (tertiary/aromatic N) is 1. The molecule has 0 saturated carbocycles. The second-order valence-electron chi connectivity index (χ2n) is 6.62. The zero-order valence-electron chi connectivity index (χ0n) is 16.7. The molecule has 2 aromatic carbocycles. The number of carboxylic acids is 1. The Morgan fingerprint density at radius 2 is 1.87 bits per heavy atom. The molecule has 0 radical (unpaired) electrons. The van der Waals surface area contributed by atoms with Gasteiger partial charge in [-0.1, -0.05) is 42.5 Å². The molecule has 158 valence electrons. The summed E-state index contributed by atoms with van der Waals surface area (Å²) in [6.45, 7) is 0.533. The second kappa shape index (κ2) is 9.15. The smallest absolute Gasteiger partial charge is 0.247 e. The van der Waals surface area contributed by atoms with Gasteiger partial charge in [-0.25, -0.2) is 8.42 Å². The first-order valence-corrected chi connectivity index (χ1v) is 10.7. The van der Waals surface area contributed by atoms with E-state index in [9.17, 15) is 18.3 Å². The average molecular weight is 428 g/mol. The summed E-state index contributed by atoms with van der Waals surface area (Å²) in [5.74, 6) is -1.13. The maximum atomic E-state index is 13.4. The van der Waals surface area contributed by atoms with Crippen LogP contribution in [0.3, 0.4) is 0 Å². The van der Waals surface area contributed by atoms with E-state index < -0.39 is 16.0 Å². The zero-order chi connectivity index (χ0) is 21.7. The van der Waals surface area contributed by atoms with Gasteiger partial charge in [-0.15, -0.1) is 0 Å². The van der Waals surface area contributed by atoms with Crippen molar-refractivity contribution < 1.29 is 27.8 Å². The summed E-state index contributed by atoms with van der Waals surface area (Å²) in [6, 6.07) is 12.7. The van der Waals surface area contributed by atoms with Crippen molar-refractivity contribution >= 4 is 27.6 Å². The summed E-state index contributed by atoms with van der Waals surface area (Å²) in [7, 11) is -1.17. The predicted molar refractivity (Wildman–Crippen MR) is 111 cm³/mol. The van der Waals surface area contributed by atoms with Gasteiger partial charge in [-0.3, -0.25) is 0 Å². The second-order valence-corrected chi connectivity index (χ2v) is 8.52. The summed E-state index contributed by atoms with van der Waals surface area (Å²) in [4.78, 5) is 10.7. The van der Waals surface area contributed by atoms with Gasteiger partial charge in [0.05, 0.1) is 20.2 Å². The number of aliphatic carboxylic acids is 1. The summed E-state index contributed by atoms with van der Waals surface area (Å²) < 4.78 is 38.7. The molecular weight excluding hydrogens is 406 g/mol. The van der Waals surface area contributed by atoms with E-state index >= 15 is 0 Å². The fraction of sp³-hybridized carbons (Fsp3) is 0.227. The standard InChI is InChI=1S/C22H23NO6S/c1-28-19-14-16(8-9-21(24)25)15-20(22(19)29-2)30(26,27)23-12-10-18(11-13-23)17-6-4-3-5-7-17/h3-10,14-15H,11-13H2,1-2H3,(H,24,25)/p-1/b9-8+. The highest BCUT2D eigenvalue weighted by Gasteiger charge is 2.31. The topological polar surface area (TPSA) is 96.0 Å². The van der Waals surface area contributed by atoms with Gasteiger partial charge >= 0.3 is 0 Å². The van der Waals surface area contributed by atoms with Crippen molar-refractivity contribution in [1.29, 1.82) is 0 Å². The van der Waals surface area contributed by atoms with E-state index in [4.69, 9.17) is 9.47 Å². The maximum absolute atomic E-state index is 13.4. The summed E-state index contributed by atoms with van der Waals surface area (Å²) in [5.41, 5.74) is 2.51. The zero-order valence-corrected chi connectivity index (χ0v) is 17.5. The van der Waals surface area contributed by atoms with Crippen molar-refractivity contribution in [2.75, 3.05) is 27.3 Å². The van der Waals surface area contributed by atoms with Gasteiger partial charge in [0.1, 0.15) is 4.90 Å². The Morgan fingerprint density at radius 3 is 2.43 bits per heavy atom. The van der Waals surface area contributed by atoms with Gasteiger partial charge in [0, 0.05) is 13.1 Å². The van der Waals surface area contributed by atoms with E-state index in [0.717, 1.165) is 17.2 Å². The molecule has 7 nitrogen and oxygen atoms in total. The molecule has 1 heterocycles. The first-order chi connectivity index (χ1) is 14.4. The normalized spacial score (nSPS) is 15.1. The molecule has 0 aliphatic carbocycles. The Balaban J connectivity index is 1.98. The molecule has 0 N–H and O–H groups in total. The van der Waals surface area contributed by atoms with Crippen LogP contribution < -0.4 is 14.6 Å². The highest BCUT2D eigenvalue weighted by atomic mass is 32.2. The number of carbonyl (C=O) groups excluding carboxylic acids is 1. The number of rotatable bonds is 7.